The molecule has 0 bridgehead atoms. The van der Waals surface area contributed by atoms with Crippen LogP contribution in [-0.4, -0.2) is 26.9 Å². The summed E-state index contributed by atoms with van der Waals surface area (Å²) in [6.45, 7) is 0.165. The Hall–Kier alpha value is -1.20. The first kappa shape index (κ1) is 12.9. The van der Waals surface area contributed by atoms with Crippen LogP contribution in [0.1, 0.15) is 0 Å². The molecule has 0 fully saturated rings. The molecule has 1 N–H and O–H groups in total. The number of sulfonamides is 1. The Bertz CT molecular complexity index is 492. The molecule has 0 aliphatic carbocycles. The maximum Gasteiger partial charge on any atom is 0.240 e. The number of nitrogens with zero attached hydrogens (tertiary/aromatic N) is 1. The van der Waals surface area contributed by atoms with E-state index in [1.54, 1.807) is 0 Å². The highest BCUT2D eigenvalue weighted by Crippen LogP contribution is 2.15. The van der Waals surface area contributed by atoms with Crippen LogP contribution in [0.25, 0.3) is 0 Å². The smallest absolute Gasteiger partial charge is 0.211 e. The molecule has 0 radical (unpaired) electrons. The number of rotatable bonds is 5. The van der Waals surface area contributed by atoms with Gasteiger partial charge in [0.05, 0.1) is 10.6 Å². The van der Waals surface area contributed by atoms with Gasteiger partial charge >= 0.3 is 0 Å². The van der Waals surface area contributed by atoms with E-state index in [1.807, 2.05) is 0 Å². The Morgan fingerprint density at radius 2 is 1.94 bits per heavy atom. The first-order valence-corrected chi connectivity index (χ1v) is 6.35. The standard InChI is InChI=1S/C9H9ClN2O3S/c10-5-6-12-16(14,15)9-3-1-8(2-4-9)11-7-13/h1-4,12H,5-6H2. The Labute approximate surface area is 98.2 Å². The molecule has 5 nitrogen and oxygen atoms in total. The lowest BCUT2D eigenvalue weighted by Gasteiger charge is -2.04. The van der Waals surface area contributed by atoms with E-state index < -0.39 is 10.0 Å². The highest BCUT2D eigenvalue weighted by atomic mass is 35.5. The van der Waals surface area contributed by atoms with Gasteiger partial charge in [0.25, 0.3) is 0 Å². The molecule has 1 rings (SSSR count). The number of nitrogens with one attached hydrogen (secondary N) is 1. The van der Waals surface area contributed by atoms with Crippen molar-refractivity contribution in [2.45, 2.75) is 4.90 Å². The maximum absolute atomic E-state index is 11.6. The number of benzene rings is 1. The predicted octanol–water partition coefficient (Wildman–Crippen LogP) is 1.17. The monoisotopic (exact) mass is 260 g/mol. The molecule has 0 spiro atoms. The third-order valence-corrected chi connectivity index (χ3v) is 3.37. The molecule has 0 aromatic heterocycles. The minimum atomic E-state index is -3.53. The van der Waals surface area contributed by atoms with Gasteiger partial charge in [0.15, 0.2) is 0 Å². The topological polar surface area (TPSA) is 75.6 Å². The summed E-state index contributed by atoms with van der Waals surface area (Å²) in [6.07, 6.45) is 1.37. The first-order chi connectivity index (χ1) is 7.60. The fourth-order valence-electron chi connectivity index (χ4n) is 1.01. The molecule has 0 atom stereocenters. The van der Waals surface area contributed by atoms with Crippen molar-refractivity contribution in [2.24, 2.45) is 4.99 Å². The lowest BCUT2D eigenvalue weighted by Crippen LogP contribution is -2.25. The Balaban J connectivity index is 2.92. The van der Waals surface area contributed by atoms with E-state index >= 15 is 0 Å². The molecule has 0 aliphatic heterocycles. The molecular formula is C9H9ClN2O3S. The molecule has 86 valence electrons. The second kappa shape index (κ2) is 5.77. The molecule has 1 aromatic rings. The number of hydrogen-bond donors (Lipinski definition) is 1. The van der Waals surface area contributed by atoms with Gasteiger partial charge in [0, 0.05) is 12.4 Å². The quantitative estimate of drug-likeness (QED) is 0.491. The minimum Gasteiger partial charge on any atom is -0.211 e. The molecule has 0 amide bonds. The average Bonchev–Trinajstić information content (AvgIpc) is 2.28. The Morgan fingerprint density at radius 1 is 1.31 bits per heavy atom. The lowest BCUT2D eigenvalue weighted by atomic mass is 10.3. The van der Waals surface area contributed by atoms with Gasteiger partial charge in [-0.1, -0.05) is 0 Å². The van der Waals surface area contributed by atoms with E-state index in [1.165, 1.54) is 30.3 Å². The average molecular weight is 261 g/mol. The Kier molecular flexibility index (Phi) is 4.64. The van der Waals surface area contributed by atoms with Gasteiger partial charge in [-0.3, -0.25) is 0 Å². The summed E-state index contributed by atoms with van der Waals surface area (Å²) in [5.74, 6) is 0.201. The highest BCUT2D eigenvalue weighted by Gasteiger charge is 2.12. The summed E-state index contributed by atoms with van der Waals surface area (Å²) in [5.41, 5.74) is 0.353. The zero-order chi connectivity index (χ0) is 12.0. The van der Waals surface area contributed by atoms with Crippen molar-refractivity contribution in [3.63, 3.8) is 0 Å². The van der Waals surface area contributed by atoms with Crippen LogP contribution in [0, 0.1) is 0 Å². The largest absolute Gasteiger partial charge is 0.240 e. The van der Waals surface area contributed by atoms with Gasteiger partial charge in [0.2, 0.25) is 16.1 Å². The third kappa shape index (κ3) is 3.43. The van der Waals surface area contributed by atoms with Crippen LogP contribution in [0.4, 0.5) is 5.69 Å². The summed E-state index contributed by atoms with van der Waals surface area (Å²) in [4.78, 5) is 13.4. The van der Waals surface area contributed by atoms with E-state index in [9.17, 15) is 13.2 Å². The molecule has 1 aromatic carbocycles. The van der Waals surface area contributed by atoms with Crippen molar-refractivity contribution in [2.75, 3.05) is 12.4 Å². The van der Waals surface area contributed by atoms with Gasteiger partial charge in [-0.15, -0.1) is 11.6 Å². The van der Waals surface area contributed by atoms with E-state index in [-0.39, 0.29) is 17.3 Å². The van der Waals surface area contributed by atoms with Crippen molar-refractivity contribution in [1.82, 2.24) is 4.72 Å². The second-order valence-electron chi connectivity index (χ2n) is 2.78. The number of hydrogen-bond acceptors (Lipinski definition) is 4. The normalized spacial score (nSPS) is 10.8. The molecule has 0 heterocycles. The SMILES string of the molecule is O=C=Nc1ccc(S(=O)(=O)NCCCl)cc1. The van der Waals surface area contributed by atoms with E-state index in [4.69, 9.17) is 11.6 Å². The fraction of sp³-hybridized carbons (Fsp3) is 0.222. The number of alkyl halides is 1. The van der Waals surface area contributed by atoms with Crippen molar-refractivity contribution in [3.8, 4) is 0 Å². The van der Waals surface area contributed by atoms with Crippen molar-refractivity contribution in [3.05, 3.63) is 24.3 Å². The summed E-state index contributed by atoms with van der Waals surface area (Å²) >= 11 is 5.38. The van der Waals surface area contributed by atoms with Gasteiger partial charge in [0.1, 0.15) is 0 Å². The van der Waals surface area contributed by atoms with Gasteiger partial charge < -0.3 is 0 Å². The first-order valence-electron chi connectivity index (χ1n) is 4.34. The van der Waals surface area contributed by atoms with Gasteiger partial charge in [-0.05, 0) is 24.3 Å². The molecule has 0 saturated carbocycles. The zero-order valence-electron chi connectivity index (χ0n) is 8.18. The molecule has 16 heavy (non-hydrogen) atoms. The van der Waals surface area contributed by atoms with Crippen LogP contribution in [0.5, 0.6) is 0 Å². The summed E-state index contributed by atoms with van der Waals surface area (Å²) in [5, 5.41) is 0. The summed E-state index contributed by atoms with van der Waals surface area (Å²) < 4.78 is 25.5. The number of halogens is 1. The zero-order valence-corrected chi connectivity index (χ0v) is 9.75. The molecular weight excluding hydrogens is 252 g/mol. The molecule has 0 unspecified atom stereocenters. The second-order valence-corrected chi connectivity index (χ2v) is 4.93. The van der Waals surface area contributed by atoms with Crippen LogP contribution < -0.4 is 4.72 Å². The fourth-order valence-corrected chi connectivity index (χ4v) is 2.25. The summed E-state index contributed by atoms with van der Waals surface area (Å²) in [7, 11) is -3.53. The van der Waals surface area contributed by atoms with Crippen LogP contribution >= 0.6 is 11.6 Å². The van der Waals surface area contributed by atoms with Crippen LogP contribution in [0.3, 0.4) is 0 Å². The van der Waals surface area contributed by atoms with Crippen molar-refractivity contribution >= 4 is 33.4 Å². The van der Waals surface area contributed by atoms with Crippen molar-refractivity contribution in [1.29, 1.82) is 0 Å². The number of aliphatic imine (C=N–C) groups is 1. The van der Waals surface area contributed by atoms with Crippen molar-refractivity contribution < 1.29 is 13.2 Å². The number of carbonyl (C=O) groups excluding carboxylic acids is 1. The van der Waals surface area contributed by atoms with E-state index in [0.717, 1.165) is 0 Å². The van der Waals surface area contributed by atoms with Crippen LogP contribution in [-0.2, 0) is 14.8 Å². The summed E-state index contributed by atoms with van der Waals surface area (Å²) in [6, 6.07) is 5.54. The molecule has 7 heteroatoms. The van der Waals surface area contributed by atoms with Crippen LogP contribution in [0.15, 0.2) is 34.2 Å². The van der Waals surface area contributed by atoms with Gasteiger partial charge in [-0.2, -0.15) is 4.99 Å². The number of isocyanates is 1. The lowest BCUT2D eigenvalue weighted by molar-refractivity contribution is 0.565. The third-order valence-electron chi connectivity index (χ3n) is 1.71. The maximum atomic E-state index is 11.6. The molecule has 0 saturated heterocycles. The molecule has 0 aliphatic rings. The van der Waals surface area contributed by atoms with Crippen LogP contribution in [0.2, 0.25) is 0 Å². The van der Waals surface area contributed by atoms with E-state index in [0.29, 0.717) is 5.69 Å². The predicted molar refractivity (Wildman–Crippen MR) is 60.1 cm³/mol. The van der Waals surface area contributed by atoms with E-state index in [2.05, 4.69) is 9.71 Å². The highest BCUT2D eigenvalue weighted by molar-refractivity contribution is 7.89. The minimum absolute atomic E-state index is 0.0995. The Morgan fingerprint density at radius 3 is 2.44 bits per heavy atom. The van der Waals surface area contributed by atoms with Gasteiger partial charge in [-0.25, -0.2) is 17.9 Å².